The van der Waals surface area contributed by atoms with Crippen molar-refractivity contribution in [3.8, 4) is 5.69 Å². The van der Waals surface area contributed by atoms with Crippen molar-refractivity contribution in [1.82, 2.24) is 24.5 Å². The minimum absolute atomic E-state index is 0.136. The second kappa shape index (κ2) is 9.17. The van der Waals surface area contributed by atoms with Gasteiger partial charge in [-0.25, -0.2) is 13.1 Å². The van der Waals surface area contributed by atoms with Crippen LogP contribution in [0.2, 0.25) is 0 Å². The molecular weight excluding hydrogens is 428 g/mol. The van der Waals surface area contributed by atoms with Crippen molar-refractivity contribution in [2.75, 3.05) is 18.4 Å². The summed E-state index contributed by atoms with van der Waals surface area (Å²) >= 11 is 0. The highest BCUT2D eigenvalue weighted by atomic mass is 32.2. The van der Waals surface area contributed by atoms with E-state index in [1.807, 2.05) is 32.0 Å². The lowest BCUT2D eigenvalue weighted by Crippen LogP contribution is -2.43. The van der Waals surface area contributed by atoms with E-state index in [4.69, 9.17) is 0 Å². The average molecular weight is 455 g/mol. The molecule has 2 heterocycles. The number of benzene rings is 2. The largest absolute Gasteiger partial charge is 0.325 e. The molecule has 2 aromatic carbocycles. The molecule has 0 bridgehead atoms. The summed E-state index contributed by atoms with van der Waals surface area (Å²) in [5, 5.41) is 14.0. The standard InChI is InChI=1S/C22H26N6O3S/c1-3-17-7-4-6-16(2)21(17)24-22(29)18-8-5-13-27(14-18)32(30,31)20-11-9-19(10-12-20)28-15-23-25-26-28/h4,6-7,9-12,15,18H,3,5,8,13-14H2,1-2H3,(H,24,29)/t18-/m0/s1. The minimum atomic E-state index is -3.72. The summed E-state index contributed by atoms with van der Waals surface area (Å²) < 4.78 is 29.3. The maximum Gasteiger partial charge on any atom is 0.243 e. The van der Waals surface area contributed by atoms with Crippen LogP contribution in [0, 0.1) is 12.8 Å². The predicted octanol–water partition coefficient (Wildman–Crippen LogP) is 2.57. The quantitative estimate of drug-likeness (QED) is 0.613. The molecule has 1 N–H and O–H groups in total. The number of hydrogen-bond acceptors (Lipinski definition) is 6. The monoisotopic (exact) mass is 454 g/mol. The second-order valence-electron chi connectivity index (χ2n) is 7.90. The number of aryl methyl sites for hydroxylation is 2. The van der Waals surface area contributed by atoms with Gasteiger partial charge in [0.1, 0.15) is 6.33 Å². The summed E-state index contributed by atoms with van der Waals surface area (Å²) in [5.74, 6) is -0.536. The zero-order chi connectivity index (χ0) is 22.7. The summed E-state index contributed by atoms with van der Waals surface area (Å²) in [6.07, 6.45) is 3.54. The maximum atomic E-state index is 13.2. The van der Waals surface area contributed by atoms with E-state index < -0.39 is 15.9 Å². The highest BCUT2D eigenvalue weighted by Gasteiger charge is 2.33. The number of piperidine rings is 1. The third-order valence-electron chi connectivity index (χ3n) is 5.83. The van der Waals surface area contributed by atoms with Gasteiger partial charge in [0.05, 0.1) is 16.5 Å². The van der Waals surface area contributed by atoms with Gasteiger partial charge in [-0.05, 0) is 72.0 Å². The van der Waals surface area contributed by atoms with Gasteiger partial charge in [-0.15, -0.1) is 5.10 Å². The van der Waals surface area contributed by atoms with Crippen LogP contribution in [0.15, 0.2) is 53.7 Å². The number of amides is 1. The zero-order valence-electron chi connectivity index (χ0n) is 18.1. The smallest absolute Gasteiger partial charge is 0.243 e. The Bertz CT molecular complexity index is 1190. The van der Waals surface area contributed by atoms with Gasteiger partial charge in [0, 0.05) is 18.8 Å². The number of nitrogens with zero attached hydrogens (tertiary/aromatic N) is 5. The molecule has 10 heteroatoms. The Kier molecular flexibility index (Phi) is 6.33. The maximum absolute atomic E-state index is 13.2. The molecule has 3 aromatic rings. The van der Waals surface area contributed by atoms with Crippen LogP contribution in [-0.2, 0) is 21.2 Å². The summed E-state index contributed by atoms with van der Waals surface area (Å²) in [6.45, 7) is 4.57. The number of anilines is 1. The highest BCUT2D eigenvalue weighted by molar-refractivity contribution is 7.89. The Balaban J connectivity index is 1.49. The number of carbonyl (C=O) groups is 1. The van der Waals surface area contributed by atoms with Gasteiger partial charge in [-0.2, -0.15) is 4.31 Å². The van der Waals surface area contributed by atoms with Crippen molar-refractivity contribution in [2.45, 2.75) is 38.0 Å². The van der Waals surface area contributed by atoms with Crippen molar-refractivity contribution >= 4 is 21.6 Å². The zero-order valence-corrected chi connectivity index (χ0v) is 18.9. The second-order valence-corrected chi connectivity index (χ2v) is 9.84. The van der Waals surface area contributed by atoms with Crippen molar-refractivity contribution in [2.24, 2.45) is 5.92 Å². The summed E-state index contributed by atoms with van der Waals surface area (Å²) in [5.41, 5.74) is 3.56. The summed E-state index contributed by atoms with van der Waals surface area (Å²) in [6, 6.07) is 12.3. The number of para-hydroxylation sites is 1. The normalized spacial score (nSPS) is 17.2. The van der Waals surface area contributed by atoms with Crippen molar-refractivity contribution < 1.29 is 13.2 Å². The van der Waals surface area contributed by atoms with Crippen LogP contribution in [-0.4, -0.2) is 51.9 Å². The lowest BCUT2D eigenvalue weighted by atomic mass is 9.98. The fourth-order valence-corrected chi connectivity index (χ4v) is 5.53. The number of aromatic nitrogens is 4. The first kappa shape index (κ1) is 22.1. The lowest BCUT2D eigenvalue weighted by molar-refractivity contribution is -0.120. The summed E-state index contributed by atoms with van der Waals surface area (Å²) in [4.78, 5) is 13.2. The van der Waals surface area contributed by atoms with Crippen molar-refractivity contribution in [3.63, 3.8) is 0 Å². The molecule has 4 rings (SSSR count). The third-order valence-corrected chi connectivity index (χ3v) is 7.71. The van der Waals surface area contributed by atoms with E-state index in [1.165, 1.54) is 27.4 Å². The van der Waals surface area contributed by atoms with E-state index in [-0.39, 0.29) is 17.3 Å². The number of hydrogen-bond donors (Lipinski definition) is 1. The molecule has 1 aliphatic heterocycles. The molecule has 9 nitrogen and oxygen atoms in total. The molecule has 32 heavy (non-hydrogen) atoms. The van der Waals surface area contributed by atoms with Crippen LogP contribution in [0.25, 0.3) is 5.69 Å². The first-order chi connectivity index (χ1) is 15.4. The summed E-state index contributed by atoms with van der Waals surface area (Å²) in [7, 11) is -3.72. The van der Waals surface area contributed by atoms with Gasteiger partial charge in [0.15, 0.2) is 0 Å². The molecular formula is C22H26N6O3S. The molecule has 1 aliphatic rings. The van der Waals surface area contributed by atoms with Gasteiger partial charge in [0.25, 0.3) is 0 Å². The highest BCUT2D eigenvalue weighted by Crippen LogP contribution is 2.27. The van der Waals surface area contributed by atoms with Gasteiger partial charge in [-0.3, -0.25) is 4.79 Å². The van der Waals surface area contributed by atoms with Crippen LogP contribution in [0.5, 0.6) is 0 Å². The topological polar surface area (TPSA) is 110 Å². The first-order valence-electron chi connectivity index (χ1n) is 10.6. The molecule has 0 aliphatic carbocycles. The number of nitrogens with one attached hydrogen (secondary N) is 1. The fraction of sp³-hybridized carbons (Fsp3) is 0.364. The Morgan fingerprint density at radius 2 is 1.97 bits per heavy atom. The van der Waals surface area contributed by atoms with E-state index in [2.05, 4.69) is 20.8 Å². The van der Waals surface area contributed by atoms with E-state index in [1.54, 1.807) is 12.1 Å². The average Bonchev–Trinajstić information content (AvgIpc) is 3.35. The number of sulfonamides is 1. The first-order valence-corrected chi connectivity index (χ1v) is 12.1. The molecule has 1 fully saturated rings. The Morgan fingerprint density at radius 1 is 1.19 bits per heavy atom. The van der Waals surface area contributed by atoms with Crippen LogP contribution in [0.3, 0.4) is 0 Å². The molecule has 1 saturated heterocycles. The van der Waals surface area contributed by atoms with Gasteiger partial charge < -0.3 is 5.32 Å². The predicted molar refractivity (Wildman–Crippen MR) is 120 cm³/mol. The number of tetrazole rings is 1. The molecule has 0 radical (unpaired) electrons. The van der Waals surface area contributed by atoms with Crippen LogP contribution < -0.4 is 5.32 Å². The van der Waals surface area contributed by atoms with E-state index >= 15 is 0 Å². The lowest BCUT2D eigenvalue weighted by Gasteiger charge is -2.31. The molecule has 168 valence electrons. The van der Waals surface area contributed by atoms with Crippen molar-refractivity contribution in [3.05, 3.63) is 59.9 Å². The van der Waals surface area contributed by atoms with Crippen LogP contribution in [0.4, 0.5) is 5.69 Å². The number of rotatable bonds is 6. The van der Waals surface area contributed by atoms with E-state index in [0.29, 0.717) is 25.1 Å². The van der Waals surface area contributed by atoms with Crippen LogP contribution in [0.1, 0.15) is 30.9 Å². The van der Waals surface area contributed by atoms with Gasteiger partial charge in [0.2, 0.25) is 15.9 Å². The molecule has 1 amide bonds. The Morgan fingerprint density at radius 3 is 2.66 bits per heavy atom. The van der Waals surface area contributed by atoms with E-state index in [9.17, 15) is 13.2 Å². The molecule has 1 atom stereocenters. The molecule has 1 aromatic heterocycles. The SMILES string of the molecule is CCc1cccc(C)c1NC(=O)[C@H]1CCCN(S(=O)(=O)c2ccc(-n3cnnn3)cc2)C1. The number of carbonyl (C=O) groups excluding carboxylic acids is 1. The third kappa shape index (κ3) is 4.42. The van der Waals surface area contributed by atoms with Gasteiger partial charge in [-0.1, -0.05) is 25.1 Å². The molecule has 0 spiro atoms. The minimum Gasteiger partial charge on any atom is -0.325 e. The van der Waals surface area contributed by atoms with Gasteiger partial charge >= 0.3 is 0 Å². The van der Waals surface area contributed by atoms with Crippen molar-refractivity contribution in [1.29, 1.82) is 0 Å². The molecule has 0 unspecified atom stereocenters. The van der Waals surface area contributed by atoms with Crippen LogP contribution >= 0.6 is 0 Å². The van der Waals surface area contributed by atoms with E-state index in [0.717, 1.165) is 23.2 Å². The Labute approximate surface area is 187 Å². The Hall–Kier alpha value is -3.11. The molecule has 0 saturated carbocycles. The fourth-order valence-electron chi connectivity index (χ4n) is 4.00.